The first-order valence-electron chi connectivity index (χ1n) is 7.46. The third-order valence-electron chi connectivity index (χ3n) is 3.18. The average Bonchev–Trinajstić information content (AvgIpc) is 3.06. The van der Waals surface area contributed by atoms with E-state index in [9.17, 15) is 4.39 Å². The zero-order chi connectivity index (χ0) is 16.5. The summed E-state index contributed by atoms with van der Waals surface area (Å²) >= 11 is 0. The number of furan rings is 1. The number of guanidine groups is 1. The highest BCUT2D eigenvalue weighted by atomic mass is 127. The number of nitriles is 1. The highest BCUT2D eigenvalue weighted by Crippen LogP contribution is 2.11. The van der Waals surface area contributed by atoms with E-state index in [1.54, 1.807) is 18.4 Å². The average molecular weight is 442 g/mol. The second-order valence-corrected chi connectivity index (χ2v) is 4.87. The van der Waals surface area contributed by atoms with Crippen LogP contribution in [0.4, 0.5) is 4.39 Å². The molecule has 0 radical (unpaired) electrons. The fraction of sp³-hybridized carbons (Fsp3) is 0.294. The van der Waals surface area contributed by atoms with Crippen LogP contribution < -0.4 is 10.6 Å². The van der Waals surface area contributed by atoms with Crippen LogP contribution in [0.2, 0.25) is 0 Å². The quantitative estimate of drug-likeness (QED) is 0.410. The molecule has 1 heterocycles. The standard InChI is InChI=1S/C17H19FN4O.HI/c1-2-20-17(21-8-7-15-4-3-9-23-15)22-12-14-6-5-13(11-19)10-16(14)18;/h3-6,9-10H,2,7-8,12H2,1H3,(H2,20,21,22);1H. The third-order valence-corrected chi connectivity index (χ3v) is 3.18. The van der Waals surface area contributed by atoms with Crippen LogP contribution in [0.5, 0.6) is 0 Å². The molecule has 1 aromatic heterocycles. The maximum atomic E-state index is 13.8. The highest BCUT2D eigenvalue weighted by Gasteiger charge is 2.04. The van der Waals surface area contributed by atoms with Gasteiger partial charge < -0.3 is 15.1 Å². The van der Waals surface area contributed by atoms with E-state index in [1.165, 1.54) is 6.07 Å². The van der Waals surface area contributed by atoms with Crippen molar-refractivity contribution in [3.63, 3.8) is 0 Å². The van der Waals surface area contributed by atoms with Crippen molar-refractivity contribution in [1.29, 1.82) is 5.26 Å². The predicted octanol–water partition coefficient (Wildman–Crippen LogP) is 3.21. The van der Waals surface area contributed by atoms with Crippen LogP contribution in [0, 0.1) is 17.1 Å². The van der Waals surface area contributed by atoms with E-state index in [2.05, 4.69) is 15.6 Å². The molecule has 0 aliphatic heterocycles. The van der Waals surface area contributed by atoms with Crippen LogP contribution in [0.25, 0.3) is 0 Å². The fourth-order valence-electron chi connectivity index (χ4n) is 2.01. The first kappa shape index (κ1) is 20.0. The van der Waals surface area contributed by atoms with Gasteiger partial charge >= 0.3 is 0 Å². The van der Waals surface area contributed by atoms with Crippen molar-refractivity contribution in [1.82, 2.24) is 10.6 Å². The maximum absolute atomic E-state index is 13.8. The molecule has 2 N–H and O–H groups in total. The molecule has 2 rings (SSSR count). The van der Waals surface area contributed by atoms with E-state index >= 15 is 0 Å². The Bertz CT molecular complexity index is 695. The van der Waals surface area contributed by atoms with E-state index in [1.807, 2.05) is 25.1 Å². The first-order chi connectivity index (χ1) is 11.2. The molecule has 0 spiro atoms. The van der Waals surface area contributed by atoms with E-state index in [-0.39, 0.29) is 30.5 Å². The minimum atomic E-state index is -0.417. The molecule has 0 bridgehead atoms. The van der Waals surface area contributed by atoms with Gasteiger partial charge in [-0.2, -0.15) is 5.26 Å². The maximum Gasteiger partial charge on any atom is 0.191 e. The Labute approximate surface area is 158 Å². The van der Waals surface area contributed by atoms with Crippen LogP contribution in [0.15, 0.2) is 46.0 Å². The van der Waals surface area contributed by atoms with Crippen molar-refractivity contribution in [3.8, 4) is 6.07 Å². The molecule has 24 heavy (non-hydrogen) atoms. The van der Waals surface area contributed by atoms with Crippen molar-refractivity contribution in [2.24, 2.45) is 4.99 Å². The number of nitrogens with zero attached hydrogens (tertiary/aromatic N) is 2. The lowest BCUT2D eigenvalue weighted by molar-refractivity contribution is 0.507. The van der Waals surface area contributed by atoms with Crippen LogP contribution in [0.3, 0.4) is 0 Å². The van der Waals surface area contributed by atoms with Gasteiger partial charge in [-0.25, -0.2) is 9.38 Å². The van der Waals surface area contributed by atoms with Crippen LogP contribution >= 0.6 is 24.0 Å². The number of hydrogen-bond acceptors (Lipinski definition) is 3. The molecule has 7 heteroatoms. The number of halogens is 2. The van der Waals surface area contributed by atoms with Crippen molar-refractivity contribution >= 4 is 29.9 Å². The Balaban J connectivity index is 0.00000288. The molecule has 2 aromatic rings. The summed E-state index contributed by atoms with van der Waals surface area (Å²) in [6.45, 7) is 3.54. The molecule has 5 nitrogen and oxygen atoms in total. The molecule has 0 saturated carbocycles. The number of hydrogen-bond donors (Lipinski definition) is 2. The van der Waals surface area contributed by atoms with Crippen molar-refractivity contribution in [3.05, 3.63) is 59.3 Å². The molecule has 0 unspecified atom stereocenters. The third kappa shape index (κ3) is 6.20. The molecule has 0 fully saturated rings. The Morgan fingerprint density at radius 3 is 2.79 bits per heavy atom. The van der Waals surface area contributed by atoms with E-state index in [0.717, 1.165) is 12.2 Å². The molecular formula is C17H20FIN4O. The lowest BCUT2D eigenvalue weighted by Gasteiger charge is -2.11. The van der Waals surface area contributed by atoms with Crippen molar-refractivity contribution < 1.29 is 8.81 Å². The van der Waals surface area contributed by atoms with Gasteiger partial charge in [0, 0.05) is 25.1 Å². The van der Waals surface area contributed by atoms with Crippen molar-refractivity contribution in [2.45, 2.75) is 19.9 Å². The lowest BCUT2D eigenvalue weighted by Crippen LogP contribution is -2.38. The van der Waals surface area contributed by atoms with Gasteiger partial charge in [0.25, 0.3) is 0 Å². The Morgan fingerprint density at radius 2 is 2.17 bits per heavy atom. The predicted molar refractivity (Wildman–Crippen MR) is 102 cm³/mol. The summed E-state index contributed by atoms with van der Waals surface area (Å²) in [5.41, 5.74) is 0.756. The zero-order valence-corrected chi connectivity index (χ0v) is 15.7. The molecule has 1 aromatic carbocycles. The van der Waals surface area contributed by atoms with E-state index in [4.69, 9.17) is 9.68 Å². The minimum Gasteiger partial charge on any atom is -0.469 e. The van der Waals surface area contributed by atoms with Crippen LogP contribution in [-0.2, 0) is 13.0 Å². The molecule has 0 atom stereocenters. The summed E-state index contributed by atoms with van der Waals surface area (Å²) in [4.78, 5) is 4.36. The number of nitrogens with one attached hydrogen (secondary N) is 2. The fourth-order valence-corrected chi connectivity index (χ4v) is 2.01. The monoisotopic (exact) mass is 442 g/mol. The van der Waals surface area contributed by atoms with Crippen LogP contribution in [-0.4, -0.2) is 19.0 Å². The Kier molecular flexibility index (Phi) is 8.86. The van der Waals surface area contributed by atoms with Crippen LogP contribution in [0.1, 0.15) is 23.8 Å². The second-order valence-electron chi connectivity index (χ2n) is 4.87. The van der Waals surface area contributed by atoms with Gasteiger partial charge in [0.2, 0.25) is 0 Å². The summed E-state index contributed by atoms with van der Waals surface area (Å²) in [7, 11) is 0. The van der Waals surface area contributed by atoms with Crippen molar-refractivity contribution in [2.75, 3.05) is 13.1 Å². The van der Waals surface area contributed by atoms with Gasteiger partial charge in [0.1, 0.15) is 11.6 Å². The van der Waals surface area contributed by atoms with E-state index in [0.29, 0.717) is 30.2 Å². The van der Waals surface area contributed by atoms with Gasteiger partial charge in [-0.3, -0.25) is 0 Å². The zero-order valence-electron chi connectivity index (χ0n) is 13.4. The highest BCUT2D eigenvalue weighted by molar-refractivity contribution is 14.0. The van der Waals surface area contributed by atoms with Gasteiger partial charge in [-0.15, -0.1) is 24.0 Å². The largest absolute Gasteiger partial charge is 0.469 e. The second kappa shape index (κ2) is 10.6. The smallest absolute Gasteiger partial charge is 0.191 e. The SMILES string of the molecule is CCNC(=NCc1ccc(C#N)cc1F)NCCc1ccco1.I. The minimum absolute atomic E-state index is 0. The number of rotatable bonds is 6. The molecule has 0 amide bonds. The van der Waals surface area contributed by atoms with Gasteiger partial charge in [-0.05, 0) is 31.2 Å². The van der Waals surface area contributed by atoms with E-state index < -0.39 is 5.82 Å². The molecular weight excluding hydrogens is 422 g/mol. The summed E-state index contributed by atoms with van der Waals surface area (Å²) in [6, 6.07) is 10.1. The summed E-state index contributed by atoms with van der Waals surface area (Å²) in [5, 5.41) is 15.0. The number of benzene rings is 1. The van der Waals surface area contributed by atoms with Gasteiger partial charge in [0.15, 0.2) is 5.96 Å². The summed E-state index contributed by atoms with van der Waals surface area (Å²) in [5.74, 6) is 1.09. The van der Waals surface area contributed by atoms with Gasteiger partial charge in [0.05, 0.1) is 24.4 Å². The van der Waals surface area contributed by atoms with Gasteiger partial charge in [-0.1, -0.05) is 6.07 Å². The topological polar surface area (TPSA) is 73.3 Å². The molecule has 0 saturated heterocycles. The molecule has 0 aliphatic rings. The first-order valence-corrected chi connectivity index (χ1v) is 7.46. The Hall–Kier alpha value is -2.08. The lowest BCUT2D eigenvalue weighted by atomic mass is 10.1. The Morgan fingerprint density at radius 1 is 1.33 bits per heavy atom. The number of aliphatic imine (C=N–C) groups is 1. The summed E-state index contributed by atoms with van der Waals surface area (Å²) in [6.07, 6.45) is 2.38. The molecule has 128 valence electrons. The summed E-state index contributed by atoms with van der Waals surface area (Å²) < 4.78 is 19.1. The molecule has 0 aliphatic carbocycles. The normalized spacial score (nSPS) is 10.6.